The summed E-state index contributed by atoms with van der Waals surface area (Å²) < 4.78 is 5.31. The molecule has 0 unspecified atom stereocenters. The second-order valence-corrected chi connectivity index (χ2v) is 6.61. The fourth-order valence-corrected chi connectivity index (χ4v) is 3.03. The van der Waals surface area contributed by atoms with Gasteiger partial charge in [-0.05, 0) is 43.0 Å². The lowest BCUT2D eigenvalue weighted by atomic mass is 10.2. The SMILES string of the molecule is COc1ccc(NC(C)=O)cc1N[C@@H](C)C(=O)NCCc1cccs1. The monoisotopic (exact) mass is 361 g/mol. The molecule has 6 nitrogen and oxygen atoms in total. The molecule has 0 aliphatic carbocycles. The summed E-state index contributed by atoms with van der Waals surface area (Å²) in [6.45, 7) is 3.82. The zero-order chi connectivity index (χ0) is 18.2. The van der Waals surface area contributed by atoms with E-state index in [0.717, 1.165) is 6.42 Å². The Labute approximate surface area is 151 Å². The van der Waals surface area contributed by atoms with Crippen LogP contribution >= 0.6 is 11.3 Å². The molecule has 2 rings (SSSR count). The molecule has 1 heterocycles. The van der Waals surface area contributed by atoms with Gasteiger partial charge in [-0.15, -0.1) is 11.3 Å². The highest BCUT2D eigenvalue weighted by molar-refractivity contribution is 7.09. The number of benzene rings is 1. The Morgan fingerprint density at radius 3 is 2.72 bits per heavy atom. The predicted octanol–water partition coefficient (Wildman–Crippen LogP) is 2.87. The molecular weight excluding hydrogens is 338 g/mol. The maximum Gasteiger partial charge on any atom is 0.242 e. The summed E-state index contributed by atoms with van der Waals surface area (Å²) in [5.74, 6) is 0.353. The lowest BCUT2D eigenvalue weighted by Gasteiger charge is -2.18. The van der Waals surface area contributed by atoms with Gasteiger partial charge >= 0.3 is 0 Å². The summed E-state index contributed by atoms with van der Waals surface area (Å²) in [6, 6.07) is 8.85. The molecule has 7 heteroatoms. The van der Waals surface area contributed by atoms with Gasteiger partial charge < -0.3 is 20.7 Å². The van der Waals surface area contributed by atoms with Gasteiger partial charge in [-0.1, -0.05) is 6.07 Å². The summed E-state index contributed by atoms with van der Waals surface area (Å²) in [6.07, 6.45) is 0.817. The van der Waals surface area contributed by atoms with E-state index >= 15 is 0 Å². The van der Waals surface area contributed by atoms with Crippen LogP contribution in [0, 0.1) is 0 Å². The number of rotatable bonds is 8. The molecule has 1 atom stereocenters. The normalized spacial score (nSPS) is 11.5. The fraction of sp³-hybridized carbons (Fsp3) is 0.333. The van der Waals surface area contributed by atoms with E-state index in [9.17, 15) is 9.59 Å². The van der Waals surface area contributed by atoms with E-state index in [0.29, 0.717) is 23.7 Å². The molecule has 0 radical (unpaired) electrons. The standard InChI is InChI=1S/C18H23N3O3S/c1-12(18(23)19-9-8-15-5-4-10-25-15)20-16-11-14(21-13(2)22)6-7-17(16)24-3/h4-7,10-12,20H,8-9H2,1-3H3,(H,19,23)(H,21,22)/t12-/m0/s1. The van der Waals surface area contributed by atoms with Crippen LogP contribution in [0.3, 0.4) is 0 Å². The van der Waals surface area contributed by atoms with Crippen molar-refractivity contribution in [3.05, 3.63) is 40.6 Å². The second kappa shape index (κ2) is 9.08. The molecule has 0 spiro atoms. The Bertz CT molecular complexity index is 716. The molecule has 2 aromatic rings. The number of hydrogen-bond acceptors (Lipinski definition) is 5. The van der Waals surface area contributed by atoms with Gasteiger partial charge in [-0.3, -0.25) is 9.59 Å². The second-order valence-electron chi connectivity index (χ2n) is 5.58. The van der Waals surface area contributed by atoms with Crippen molar-refractivity contribution >= 4 is 34.5 Å². The van der Waals surface area contributed by atoms with Crippen LogP contribution in [0.2, 0.25) is 0 Å². The molecular formula is C18H23N3O3S. The number of carbonyl (C=O) groups is 2. The number of hydrogen-bond donors (Lipinski definition) is 3. The largest absolute Gasteiger partial charge is 0.495 e. The highest BCUT2D eigenvalue weighted by Gasteiger charge is 2.15. The van der Waals surface area contributed by atoms with Gasteiger partial charge in [-0.2, -0.15) is 0 Å². The third kappa shape index (κ3) is 5.79. The first-order valence-electron chi connectivity index (χ1n) is 8.02. The summed E-state index contributed by atoms with van der Waals surface area (Å²) >= 11 is 1.68. The highest BCUT2D eigenvalue weighted by Crippen LogP contribution is 2.28. The van der Waals surface area contributed by atoms with Gasteiger partial charge in [0.1, 0.15) is 11.8 Å². The molecule has 1 aromatic heterocycles. The van der Waals surface area contributed by atoms with Gasteiger partial charge in [0.15, 0.2) is 0 Å². The van der Waals surface area contributed by atoms with E-state index in [4.69, 9.17) is 4.74 Å². The van der Waals surface area contributed by atoms with Crippen molar-refractivity contribution in [1.29, 1.82) is 0 Å². The van der Waals surface area contributed by atoms with E-state index < -0.39 is 6.04 Å². The minimum atomic E-state index is -0.440. The van der Waals surface area contributed by atoms with Crippen LogP contribution < -0.4 is 20.7 Å². The number of anilines is 2. The average molecular weight is 361 g/mol. The van der Waals surface area contributed by atoms with E-state index in [-0.39, 0.29) is 11.8 Å². The zero-order valence-electron chi connectivity index (χ0n) is 14.6. The van der Waals surface area contributed by atoms with Crippen molar-refractivity contribution < 1.29 is 14.3 Å². The fourth-order valence-electron chi connectivity index (χ4n) is 2.32. The first-order valence-corrected chi connectivity index (χ1v) is 8.90. The number of thiophene rings is 1. The molecule has 134 valence electrons. The van der Waals surface area contributed by atoms with Crippen molar-refractivity contribution in [1.82, 2.24) is 5.32 Å². The number of nitrogens with one attached hydrogen (secondary N) is 3. The number of ether oxygens (including phenoxy) is 1. The Hall–Kier alpha value is -2.54. The third-order valence-electron chi connectivity index (χ3n) is 3.54. The summed E-state index contributed by atoms with van der Waals surface area (Å²) in [5.41, 5.74) is 1.29. The Balaban J connectivity index is 1.94. The summed E-state index contributed by atoms with van der Waals surface area (Å²) in [4.78, 5) is 24.7. The molecule has 0 bridgehead atoms. The smallest absolute Gasteiger partial charge is 0.242 e. The van der Waals surface area contributed by atoms with Gasteiger partial charge in [0.25, 0.3) is 0 Å². The van der Waals surface area contributed by atoms with Crippen LogP contribution in [0.1, 0.15) is 18.7 Å². The molecule has 25 heavy (non-hydrogen) atoms. The lowest BCUT2D eigenvalue weighted by Crippen LogP contribution is -2.38. The topological polar surface area (TPSA) is 79.5 Å². The van der Waals surface area contributed by atoms with Gasteiger partial charge in [0, 0.05) is 24.0 Å². The molecule has 0 fully saturated rings. The van der Waals surface area contributed by atoms with E-state index in [1.165, 1.54) is 11.8 Å². The minimum Gasteiger partial charge on any atom is -0.495 e. The maximum absolute atomic E-state index is 12.3. The van der Waals surface area contributed by atoms with E-state index in [2.05, 4.69) is 22.0 Å². The third-order valence-corrected chi connectivity index (χ3v) is 4.47. The molecule has 3 N–H and O–H groups in total. The quantitative estimate of drug-likeness (QED) is 0.675. The zero-order valence-corrected chi connectivity index (χ0v) is 15.4. The van der Waals surface area contributed by atoms with Crippen molar-refractivity contribution in [2.45, 2.75) is 26.3 Å². The molecule has 0 saturated heterocycles. The molecule has 0 aliphatic rings. The molecule has 0 aliphatic heterocycles. The first kappa shape index (κ1) is 18.8. The number of methoxy groups -OCH3 is 1. The van der Waals surface area contributed by atoms with Crippen LogP contribution in [0.4, 0.5) is 11.4 Å². The van der Waals surface area contributed by atoms with Crippen LogP contribution in [0.15, 0.2) is 35.7 Å². The van der Waals surface area contributed by atoms with Crippen molar-refractivity contribution in [3.8, 4) is 5.75 Å². The highest BCUT2D eigenvalue weighted by atomic mass is 32.1. The molecule has 2 amide bonds. The average Bonchev–Trinajstić information content (AvgIpc) is 3.08. The van der Waals surface area contributed by atoms with Crippen molar-refractivity contribution in [3.63, 3.8) is 0 Å². The van der Waals surface area contributed by atoms with Gasteiger partial charge in [0.2, 0.25) is 11.8 Å². The Morgan fingerprint density at radius 2 is 2.08 bits per heavy atom. The van der Waals surface area contributed by atoms with Crippen LogP contribution in [-0.4, -0.2) is 31.5 Å². The van der Waals surface area contributed by atoms with Crippen LogP contribution in [0.5, 0.6) is 5.75 Å². The van der Waals surface area contributed by atoms with Gasteiger partial charge in [-0.25, -0.2) is 0 Å². The van der Waals surface area contributed by atoms with E-state index in [1.54, 1.807) is 43.6 Å². The molecule has 1 aromatic carbocycles. The predicted molar refractivity (Wildman–Crippen MR) is 101 cm³/mol. The van der Waals surface area contributed by atoms with E-state index in [1.807, 2.05) is 11.4 Å². The van der Waals surface area contributed by atoms with Crippen molar-refractivity contribution in [2.24, 2.45) is 0 Å². The van der Waals surface area contributed by atoms with Gasteiger partial charge in [0.05, 0.1) is 12.8 Å². The molecule has 0 saturated carbocycles. The number of carbonyl (C=O) groups excluding carboxylic acids is 2. The van der Waals surface area contributed by atoms with Crippen molar-refractivity contribution in [2.75, 3.05) is 24.3 Å². The first-order chi connectivity index (χ1) is 12.0. The van der Waals surface area contributed by atoms with Crippen LogP contribution in [-0.2, 0) is 16.0 Å². The summed E-state index contributed by atoms with van der Waals surface area (Å²) in [5, 5.41) is 10.8. The lowest BCUT2D eigenvalue weighted by molar-refractivity contribution is -0.121. The maximum atomic E-state index is 12.3. The number of amides is 2. The Kier molecular flexibility index (Phi) is 6.82. The minimum absolute atomic E-state index is 0.0939. The van der Waals surface area contributed by atoms with Crippen LogP contribution in [0.25, 0.3) is 0 Å². The Morgan fingerprint density at radius 1 is 1.28 bits per heavy atom. The summed E-state index contributed by atoms with van der Waals surface area (Å²) in [7, 11) is 1.56.